The Morgan fingerprint density at radius 1 is 0.595 bits per heavy atom. The summed E-state index contributed by atoms with van der Waals surface area (Å²) in [6.07, 6.45) is 6.19. The fraction of sp³-hybridized carbons (Fsp3) is 0.257. The van der Waals surface area contributed by atoms with Crippen molar-refractivity contribution >= 4 is 8.07 Å². The smallest absolute Gasteiger partial charge is 0.0761 e. The zero-order valence-electron chi connectivity index (χ0n) is 22.3. The van der Waals surface area contributed by atoms with Crippen molar-refractivity contribution in [1.29, 1.82) is 0 Å². The number of unbranched alkanes of at least 4 members (excludes halogenated alkanes) is 2. The third-order valence-electron chi connectivity index (χ3n) is 8.71. The molecule has 0 bridgehead atoms. The van der Waals surface area contributed by atoms with Gasteiger partial charge < -0.3 is 0 Å². The number of hydrogen-bond donors (Lipinski definition) is 0. The van der Waals surface area contributed by atoms with Crippen LogP contribution in [-0.4, -0.2) is 8.07 Å². The Morgan fingerprint density at radius 2 is 0.946 bits per heavy atom. The molecule has 0 saturated heterocycles. The Morgan fingerprint density at radius 3 is 1.30 bits per heavy atom. The van der Waals surface area contributed by atoms with E-state index in [1.807, 2.05) is 0 Å². The number of rotatable bonds is 7. The molecule has 0 atom stereocenters. The molecule has 6 rings (SSSR count). The first-order valence-corrected chi connectivity index (χ1v) is 16.5. The Kier molecular flexibility index (Phi) is 7.71. The van der Waals surface area contributed by atoms with Gasteiger partial charge in [0.2, 0.25) is 0 Å². The standard InChI is InChI=1S/C35H36Si.Zr/c1-25(2)15-5-4-14-24-36(3,34-30-20-10-6-16-26(30)27-17-7-11-21-31(27)34)35-32-22-12-8-18-28(32)29-19-9-13-23-33(29)35;/h6-13,15-23,34-35H,4-5,14,24H2,1-3H3;. The molecule has 0 spiro atoms. The van der Waals surface area contributed by atoms with Crippen molar-refractivity contribution in [3.8, 4) is 22.3 Å². The van der Waals surface area contributed by atoms with Gasteiger partial charge in [-0.2, -0.15) is 0 Å². The molecule has 2 heteroatoms. The van der Waals surface area contributed by atoms with E-state index in [1.54, 1.807) is 22.3 Å². The van der Waals surface area contributed by atoms with E-state index in [-0.39, 0.29) is 26.2 Å². The van der Waals surface area contributed by atoms with E-state index in [0.717, 1.165) is 0 Å². The summed E-state index contributed by atoms with van der Waals surface area (Å²) in [4.78, 5) is 0. The van der Waals surface area contributed by atoms with Crippen molar-refractivity contribution < 1.29 is 26.2 Å². The van der Waals surface area contributed by atoms with Crippen LogP contribution in [0.15, 0.2) is 109 Å². The minimum Gasteiger partial charge on any atom is -0.0859 e. The van der Waals surface area contributed by atoms with Crippen molar-refractivity contribution in [2.24, 2.45) is 0 Å². The minimum atomic E-state index is -1.99. The zero-order valence-corrected chi connectivity index (χ0v) is 25.8. The van der Waals surface area contributed by atoms with Gasteiger partial charge in [0.1, 0.15) is 0 Å². The van der Waals surface area contributed by atoms with Crippen molar-refractivity contribution in [2.45, 2.75) is 56.8 Å². The number of allylic oxidation sites excluding steroid dienone is 2. The molecule has 0 radical (unpaired) electrons. The summed E-state index contributed by atoms with van der Waals surface area (Å²) >= 11 is 0. The van der Waals surface area contributed by atoms with Gasteiger partial charge in [-0.3, -0.25) is 0 Å². The molecule has 4 aromatic rings. The predicted molar refractivity (Wildman–Crippen MR) is 157 cm³/mol. The SMILES string of the molecule is CC(C)=CCCCC[Si](C)(C1c2ccccc2-c2ccccc21)C1c2ccccc2-c2ccccc21.[Zr]. The number of hydrogen-bond acceptors (Lipinski definition) is 0. The molecule has 184 valence electrons. The molecule has 0 nitrogen and oxygen atoms in total. The number of fused-ring (bicyclic) bond motifs is 6. The van der Waals surface area contributed by atoms with Crippen LogP contribution in [0.3, 0.4) is 0 Å². The van der Waals surface area contributed by atoms with E-state index in [9.17, 15) is 0 Å². The third-order valence-corrected chi connectivity index (χ3v) is 14.0. The molecular formula is C35H36SiZr. The topological polar surface area (TPSA) is 0 Å². The second kappa shape index (κ2) is 10.8. The minimum absolute atomic E-state index is 0. The summed E-state index contributed by atoms with van der Waals surface area (Å²) in [5.74, 6) is 0. The van der Waals surface area contributed by atoms with Crippen LogP contribution >= 0.6 is 0 Å². The van der Waals surface area contributed by atoms with Crippen LogP contribution < -0.4 is 0 Å². The van der Waals surface area contributed by atoms with Crippen LogP contribution in [0.4, 0.5) is 0 Å². The predicted octanol–water partition coefficient (Wildman–Crippen LogP) is 9.90. The molecule has 4 aromatic carbocycles. The van der Waals surface area contributed by atoms with Gasteiger partial charge in [0.25, 0.3) is 0 Å². The van der Waals surface area contributed by atoms with Gasteiger partial charge in [0.05, 0.1) is 8.07 Å². The molecule has 2 aliphatic rings. The summed E-state index contributed by atoms with van der Waals surface area (Å²) in [6.45, 7) is 7.18. The van der Waals surface area contributed by atoms with Crippen LogP contribution in [0, 0.1) is 0 Å². The van der Waals surface area contributed by atoms with Gasteiger partial charge in [-0.05, 0) is 64.8 Å². The van der Waals surface area contributed by atoms with E-state index in [4.69, 9.17) is 0 Å². The van der Waals surface area contributed by atoms with E-state index < -0.39 is 8.07 Å². The van der Waals surface area contributed by atoms with Gasteiger partial charge in [0, 0.05) is 37.3 Å². The van der Waals surface area contributed by atoms with Crippen LogP contribution in [0.1, 0.15) is 66.4 Å². The van der Waals surface area contributed by atoms with Crippen molar-refractivity contribution in [3.63, 3.8) is 0 Å². The Balaban J connectivity index is 0.00000280. The van der Waals surface area contributed by atoms with Crippen molar-refractivity contribution in [1.82, 2.24) is 0 Å². The maximum Gasteiger partial charge on any atom is 0.0761 e. The average molecular weight is 576 g/mol. The molecule has 0 aliphatic heterocycles. The first-order valence-electron chi connectivity index (χ1n) is 13.6. The third kappa shape index (κ3) is 4.51. The largest absolute Gasteiger partial charge is 0.0859 e. The van der Waals surface area contributed by atoms with E-state index >= 15 is 0 Å². The monoisotopic (exact) mass is 574 g/mol. The van der Waals surface area contributed by atoms with Crippen LogP contribution in [0.5, 0.6) is 0 Å². The maximum absolute atomic E-state index is 2.74. The van der Waals surface area contributed by atoms with E-state index in [1.165, 1.54) is 53.1 Å². The quantitative estimate of drug-likeness (QED) is 0.117. The van der Waals surface area contributed by atoms with Gasteiger partial charge in [-0.1, -0.05) is 134 Å². The van der Waals surface area contributed by atoms with Crippen LogP contribution in [0.25, 0.3) is 22.3 Å². The molecule has 0 N–H and O–H groups in total. The molecule has 0 heterocycles. The van der Waals surface area contributed by atoms with Crippen molar-refractivity contribution in [2.75, 3.05) is 0 Å². The summed E-state index contributed by atoms with van der Waals surface area (Å²) in [7, 11) is -1.99. The molecule has 2 aliphatic carbocycles. The normalized spacial score (nSPS) is 13.8. The molecular weight excluding hydrogens is 540 g/mol. The Hall–Kier alpha value is -2.28. The molecule has 0 amide bonds. The molecule has 0 fully saturated rings. The van der Waals surface area contributed by atoms with Crippen molar-refractivity contribution in [3.05, 3.63) is 131 Å². The first kappa shape index (κ1) is 26.3. The fourth-order valence-corrected chi connectivity index (χ4v) is 13.0. The molecule has 0 saturated carbocycles. The van der Waals surface area contributed by atoms with Gasteiger partial charge >= 0.3 is 0 Å². The summed E-state index contributed by atoms with van der Waals surface area (Å²) < 4.78 is 0. The van der Waals surface area contributed by atoms with E-state index in [0.29, 0.717) is 11.1 Å². The molecule has 0 unspecified atom stereocenters. The van der Waals surface area contributed by atoms with Gasteiger partial charge in [-0.15, -0.1) is 0 Å². The fourth-order valence-electron chi connectivity index (χ4n) is 7.23. The average Bonchev–Trinajstić information content (AvgIpc) is 3.42. The summed E-state index contributed by atoms with van der Waals surface area (Å²) in [5.41, 5.74) is 14.6. The maximum atomic E-state index is 2.74. The summed E-state index contributed by atoms with van der Waals surface area (Å²) in [5, 5.41) is 0. The molecule has 37 heavy (non-hydrogen) atoms. The van der Waals surface area contributed by atoms with Gasteiger partial charge in [-0.25, -0.2) is 0 Å². The Labute approximate surface area is 243 Å². The number of benzene rings is 4. The zero-order chi connectivity index (χ0) is 24.7. The van der Waals surface area contributed by atoms with E-state index in [2.05, 4.69) is 124 Å². The van der Waals surface area contributed by atoms with Gasteiger partial charge in [0.15, 0.2) is 0 Å². The van der Waals surface area contributed by atoms with Crippen LogP contribution in [-0.2, 0) is 26.2 Å². The second-order valence-electron chi connectivity index (χ2n) is 11.2. The summed E-state index contributed by atoms with van der Waals surface area (Å²) in [6, 6.07) is 38.4. The Bertz CT molecular complexity index is 1260. The first-order chi connectivity index (χ1) is 17.6. The second-order valence-corrected chi connectivity index (χ2v) is 15.9. The molecule has 0 aromatic heterocycles. The van der Waals surface area contributed by atoms with Crippen LogP contribution in [0.2, 0.25) is 12.6 Å².